The molecule has 1 saturated heterocycles. The van der Waals surface area contributed by atoms with E-state index in [9.17, 15) is 14.9 Å². The first-order valence-corrected chi connectivity index (χ1v) is 9.31. The topological polar surface area (TPSA) is 104 Å². The Morgan fingerprint density at radius 3 is 2.89 bits per heavy atom. The summed E-state index contributed by atoms with van der Waals surface area (Å²) < 4.78 is 0. The molecular weight excluding hydrogens is 358 g/mol. The van der Waals surface area contributed by atoms with Crippen LogP contribution in [-0.2, 0) is 0 Å². The summed E-state index contributed by atoms with van der Waals surface area (Å²) in [6, 6.07) is 12.1. The molecule has 1 aliphatic heterocycles. The fourth-order valence-electron chi connectivity index (χ4n) is 3.68. The van der Waals surface area contributed by atoms with Crippen molar-refractivity contribution in [3.05, 3.63) is 58.1 Å². The number of para-hydroxylation sites is 2. The molecule has 144 valence electrons. The van der Waals surface area contributed by atoms with Gasteiger partial charge in [0.15, 0.2) is 0 Å². The molecule has 1 amide bonds. The monoisotopic (exact) mass is 379 g/mol. The molecule has 1 aliphatic rings. The Kier molecular flexibility index (Phi) is 4.68. The van der Waals surface area contributed by atoms with Crippen molar-refractivity contribution in [2.75, 3.05) is 23.3 Å². The van der Waals surface area contributed by atoms with Gasteiger partial charge in [0.2, 0.25) is 5.95 Å². The van der Waals surface area contributed by atoms with E-state index in [0.717, 1.165) is 37.0 Å². The SMILES string of the molecule is C[C@@H]1CCCN(c2ccc(C(=O)Nc3nc4ccccc4[nH]3)cc2[N+](=O)[O-])C1. The highest BCUT2D eigenvalue weighted by Gasteiger charge is 2.25. The third-order valence-corrected chi connectivity index (χ3v) is 5.05. The number of hydrogen-bond acceptors (Lipinski definition) is 5. The van der Waals surface area contributed by atoms with E-state index in [1.807, 2.05) is 29.2 Å². The summed E-state index contributed by atoms with van der Waals surface area (Å²) >= 11 is 0. The first-order valence-electron chi connectivity index (χ1n) is 9.31. The van der Waals surface area contributed by atoms with Gasteiger partial charge in [-0.1, -0.05) is 19.1 Å². The number of imidazole rings is 1. The van der Waals surface area contributed by atoms with E-state index in [2.05, 4.69) is 22.2 Å². The lowest BCUT2D eigenvalue weighted by atomic mass is 9.99. The molecule has 2 heterocycles. The van der Waals surface area contributed by atoms with Gasteiger partial charge < -0.3 is 9.88 Å². The van der Waals surface area contributed by atoms with Crippen LogP contribution in [0.4, 0.5) is 17.3 Å². The van der Waals surface area contributed by atoms with Crippen LogP contribution in [0.3, 0.4) is 0 Å². The van der Waals surface area contributed by atoms with Crippen molar-refractivity contribution in [1.82, 2.24) is 9.97 Å². The number of carbonyl (C=O) groups excluding carboxylic acids is 1. The van der Waals surface area contributed by atoms with Crippen molar-refractivity contribution in [2.45, 2.75) is 19.8 Å². The van der Waals surface area contributed by atoms with Crippen molar-refractivity contribution in [3.8, 4) is 0 Å². The number of benzene rings is 2. The fourth-order valence-corrected chi connectivity index (χ4v) is 3.68. The Hall–Kier alpha value is -3.42. The van der Waals surface area contributed by atoms with E-state index in [1.165, 1.54) is 6.07 Å². The predicted octanol–water partition coefficient (Wildman–Crippen LogP) is 3.96. The van der Waals surface area contributed by atoms with Gasteiger partial charge in [-0.25, -0.2) is 4.98 Å². The van der Waals surface area contributed by atoms with Gasteiger partial charge in [0, 0.05) is 24.7 Å². The summed E-state index contributed by atoms with van der Waals surface area (Å²) in [6.45, 7) is 3.72. The summed E-state index contributed by atoms with van der Waals surface area (Å²) in [7, 11) is 0. The highest BCUT2D eigenvalue weighted by atomic mass is 16.6. The number of aromatic nitrogens is 2. The minimum absolute atomic E-state index is 0.0497. The number of H-pyrrole nitrogens is 1. The van der Waals surface area contributed by atoms with Crippen molar-refractivity contribution in [3.63, 3.8) is 0 Å². The van der Waals surface area contributed by atoms with Crippen molar-refractivity contribution >= 4 is 34.3 Å². The number of nitrogens with one attached hydrogen (secondary N) is 2. The second kappa shape index (κ2) is 7.30. The molecule has 1 aromatic heterocycles. The zero-order valence-electron chi connectivity index (χ0n) is 15.5. The number of anilines is 2. The van der Waals surface area contributed by atoms with E-state index in [-0.39, 0.29) is 11.3 Å². The van der Waals surface area contributed by atoms with E-state index < -0.39 is 10.8 Å². The number of carbonyl (C=O) groups is 1. The smallest absolute Gasteiger partial charge is 0.293 e. The molecule has 1 fully saturated rings. The molecule has 0 saturated carbocycles. The summed E-state index contributed by atoms with van der Waals surface area (Å²) in [6.07, 6.45) is 2.13. The van der Waals surface area contributed by atoms with Crippen LogP contribution < -0.4 is 10.2 Å². The summed E-state index contributed by atoms with van der Waals surface area (Å²) in [5, 5.41) is 14.3. The number of piperidine rings is 1. The Morgan fingerprint density at radius 1 is 1.32 bits per heavy atom. The van der Waals surface area contributed by atoms with Gasteiger partial charge in [0.1, 0.15) is 5.69 Å². The van der Waals surface area contributed by atoms with Crippen LogP contribution >= 0.6 is 0 Å². The molecule has 0 unspecified atom stereocenters. The van der Waals surface area contributed by atoms with E-state index in [4.69, 9.17) is 0 Å². The quantitative estimate of drug-likeness (QED) is 0.527. The Bertz CT molecular complexity index is 1010. The Labute approximate surface area is 161 Å². The van der Waals surface area contributed by atoms with Crippen LogP contribution in [0, 0.1) is 16.0 Å². The predicted molar refractivity (Wildman–Crippen MR) is 108 cm³/mol. The van der Waals surface area contributed by atoms with Crippen LogP contribution in [0.15, 0.2) is 42.5 Å². The number of amides is 1. The molecule has 0 aliphatic carbocycles. The van der Waals surface area contributed by atoms with E-state index in [0.29, 0.717) is 17.6 Å². The first kappa shape index (κ1) is 18.0. The molecule has 0 spiro atoms. The minimum Gasteiger partial charge on any atom is -0.366 e. The number of fused-ring (bicyclic) bond motifs is 1. The van der Waals surface area contributed by atoms with Crippen LogP contribution in [0.5, 0.6) is 0 Å². The van der Waals surface area contributed by atoms with Crippen molar-refractivity contribution < 1.29 is 9.72 Å². The van der Waals surface area contributed by atoms with Crippen molar-refractivity contribution in [1.29, 1.82) is 0 Å². The third kappa shape index (κ3) is 3.53. The Morgan fingerprint density at radius 2 is 2.14 bits per heavy atom. The minimum atomic E-state index is -0.444. The molecule has 2 aromatic carbocycles. The number of nitrogens with zero attached hydrogens (tertiary/aromatic N) is 3. The molecule has 0 radical (unpaired) electrons. The number of rotatable bonds is 4. The van der Waals surface area contributed by atoms with Crippen LogP contribution in [0.25, 0.3) is 11.0 Å². The molecule has 0 bridgehead atoms. The maximum Gasteiger partial charge on any atom is 0.293 e. The average molecular weight is 379 g/mol. The molecule has 4 rings (SSSR count). The van der Waals surface area contributed by atoms with Gasteiger partial charge in [0.05, 0.1) is 16.0 Å². The second-order valence-electron chi connectivity index (χ2n) is 7.21. The summed E-state index contributed by atoms with van der Waals surface area (Å²) in [5.41, 5.74) is 2.28. The number of nitro benzene ring substituents is 1. The molecule has 2 N–H and O–H groups in total. The number of aromatic amines is 1. The van der Waals surface area contributed by atoms with Crippen molar-refractivity contribution in [2.24, 2.45) is 5.92 Å². The van der Waals surface area contributed by atoms with Gasteiger partial charge in [-0.2, -0.15) is 0 Å². The van der Waals surface area contributed by atoms with E-state index >= 15 is 0 Å². The third-order valence-electron chi connectivity index (χ3n) is 5.05. The second-order valence-corrected chi connectivity index (χ2v) is 7.21. The average Bonchev–Trinajstić information content (AvgIpc) is 3.09. The Balaban J connectivity index is 1.59. The number of hydrogen-bond donors (Lipinski definition) is 2. The maximum absolute atomic E-state index is 12.6. The van der Waals surface area contributed by atoms with Gasteiger partial charge in [-0.15, -0.1) is 0 Å². The largest absolute Gasteiger partial charge is 0.366 e. The van der Waals surface area contributed by atoms with Gasteiger partial charge >= 0.3 is 0 Å². The van der Waals surface area contributed by atoms with Gasteiger partial charge in [-0.3, -0.25) is 20.2 Å². The highest BCUT2D eigenvalue weighted by molar-refractivity contribution is 6.04. The first-order chi connectivity index (χ1) is 13.5. The molecule has 3 aromatic rings. The van der Waals surface area contributed by atoms with Gasteiger partial charge in [0.25, 0.3) is 11.6 Å². The fraction of sp³-hybridized carbons (Fsp3) is 0.300. The van der Waals surface area contributed by atoms with Crippen LogP contribution in [0.2, 0.25) is 0 Å². The lowest BCUT2D eigenvalue weighted by molar-refractivity contribution is -0.384. The van der Waals surface area contributed by atoms with Crippen LogP contribution in [-0.4, -0.2) is 33.9 Å². The zero-order valence-corrected chi connectivity index (χ0v) is 15.5. The molecule has 8 nitrogen and oxygen atoms in total. The zero-order chi connectivity index (χ0) is 19.7. The lowest BCUT2D eigenvalue weighted by Gasteiger charge is -2.32. The standard InChI is InChI=1S/C20H21N5O3/c1-13-5-4-10-24(12-13)17-9-8-14(11-18(17)25(27)28)19(26)23-20-21-15-6-2-3-7-16(15)22-20/h2-3,6-9,11,13H,4-5,10,12H2,1H3,(H2,21,22,23,26)/t13-/m1/s1. The normalized spacial score (nSPS) is 16.9. The highest BCUT2D eigenvalue weighted by Crippen LogP contribution is 2.32. The lowest BCUT2D eigenvalue weighted by Crippen LogP contribution is -2.34. The molecular formula is C20H21N5O3. The summed E-state index contributed by atoms with van der Waals surface area (Å²) in [5.74, 6) is 0.355. The molecule has 28 heavy (non-hydrogen) atoms. The summed E-state index contributed by atoms with van der Waals surface area (Å²) in [4.78, 5) is 33.2. The molecule has 8 heteroatoms. The maximum atomic E-state index is 12.6. The van der Waals surface area contributed by atoms with Gasteiger partial charge in [-0.05, 0) is 43.0 Å². The van der Waals surface area contributed by atoms with Crippen LogP contribution in [0.1, 0.15) is 30.1 Å². The van der Waals surface area contributed by atoms with E-state index in [1.54, 1.807) is 12.1 Å². The molecule has 1 atom stereocenters. The number of nitro groups is 1.